The number of hydrogen-bond acceptors (Lipinski definition) is 5. The van der Waals surface area contributed by atoms with Crippen LogP contribution in [0.2, 0.25) is 0 Å². The molecule has 1 aromatic heterocycles. The van der Waals surface area contributed by atoms with Gasteiger partial charge >= 0.3 is 16.2 Å². The van der Waals surface area contributed by atoms with Gasteiger partial charge in [0.2, 0.25) is 0 Å². The fraction of sp³-hybridized carbons (Fsp3) is 0.583. The minimum Gasteiger partial charge on any atom is -0.307 e. The second kappa shape index (κ2) is 9.70. The quantitative estimate of drug-likeness (QED) is 0.603. The molecule has 1 unspecified atom stereocenters. The maximum absolute atomic E-state index is 13.7. The molecule has 9 nitrogen and oxygen atoms in total. The normalized spacial score (nSPS) is 24.4. The molecule has 1 radical (unpaired) electrons. The van der Waals surface area contributed by atoms with Crippen molar-refractivity contribution in [3.05, 3.63) is 40.7 Å². The van der Waals surface area contributed by atoms with Gasteiger partial charge in [-0.25, -0.2) is 13.8 Å². The number of aromatic nitrogens is 2. The number of carbonyl (C=O) groups excluding carboxylic acids is 1. The van der Waals surface area contributed by atoms with Gasteiger partial charge in [0.15, 0.2) is 0 Å². The number of hydrogen-bond donors (Lipinski definition) is 2. The van der Waals surface area contributed by atoms with Crippen molar-refractivity contribution in [2.75, 3.05) is 29.3 Å². The zero-order chi connectivity index (χ0) is 23.4. The molecule has 0 spiro atoms. The Labute approximate surface area is 229 Å². The van der Waals surface area contributed by atoms with Gasteiger partial charge in [-0.15, -0.1) is 0 Å². The molecule has 7 rings (SSSR count). The Hall–Kier alpha value is -1.59. The van der Waals surface area contributed by atoms with Crippen LogP contribution in [0, 0.1) is 5.92 Å². The van der Waals surface area contributed by atoms with Crippen molar-refractivity contribution < 1.29 is 13.2 Å². The minimum atomic E-state index is -4.14. The van der Waals surface area contributed by atoms with Gasteiger partial charge in [-0.3, -0.25) is 4.68 Å². The standard InChI is InChI=1S/C24H32N6O3S.Na/c1-28-14-19(13-25-28)30(22-15-29-10-8-16(22)9-11-29)34(32,33)27-24(31)26-23-20-6-2-4-17(20)12-18-5-3-7-21(18)23;/h12-14,16,22H,2-11,15H2,1H3,(H2,26,27,31);. The SMILES string of the molecule is Cn1cc(N(C2CN3CCC2CC3)S(=O)(=O)NC(=O)Nc2c3c(cc4c2CCC4)CCC3)cn1.[Na]. The number of benzene rings is 1. The Morgan fingerprint density at radius 3 is 2.29 bits per heavy atom. The maximum atomic E-state index is 13.7. The first-order valence-corrected chi connectivity index (χ1v) is 13.8. The number of amides is 2. The number of anilines is 2. The third kappa shape index (κ3) is 4.64. The molecule has 3 aliphatic heterocycles. The Balaban J connectivity index is 0.00000253. The van der Waals surface area contributed by atoms with Gasteiger partial charge in [0, 0.05) is 55.0 Å². The molecule has 1 aromatic carbocycles. The van der Waals surface area contributed by atoms with Crippen LogP contribution in [0.25, 0.3) is 0 Å². The van der Waals surface area contributed by atoms with E-state index in [-0.39, 0.29) is 41.5 Å². The van der Waals surface area contributed by atoms with E-state index in [0.29, 0.717) is 12.2 Å². The van der Waals surface area contributed by atoms with Crippen LogP contribution < -0.4 is 14.3 Å². The average molecular weight is 508 g/mol. The van der Waals surface area contributed by atoms with E-state index >= 15 is 0 Å². The van der Waals surface area contributed by atoms with E-state index in [2.05, 4.69) is 26.1 Å². The van der Waals surface area contributed by atoms with Crippen LogP contribution in [0.5, 0.6) is 0 Å². The van der Waals surface area contributed by atoms with Crippen molar-refractivity contribution in [1.82, 2.24) is 19.4 Å². The van der Waals surface area contributed by atoms with E-state index in [4.69, 9.17) is 0 Å². The van der Waals surface area contributed by atoms with Crippen LogP contribution in [-0.2, 0) is 42.9 Å². The molecule has 35 heavy (non-hydrogen) atoms. The Bertz CT molecular complexity index is 1210. The summed E-state index contributed by atoms with van der Waals surface area (Å²) in [7, 11) is -2.37. The summed E-state index contributed by atoms with van der Waals surface area (Å²) >= 11 is 0. The van der Waals surface area contributed by atoms with Gasteiger partial charge in [0.1, 0.15) is 0 Å². The Kier molecular flexibility index (Phi) is 6.95. The van der Waals surface area contributed by atoms with Crippen LogP contribution >= 0.6 is 0 Å². The Morgan fingerprint density at radius 1 is 1.09 bits per heavy atom. The van der Waals surface area contributed by atoms with E-state index < -0.39 is 16.2 Å². The number of carbonyl (C=O) groups is 1. The second-order valence-corrected chi connectivity index (χ2v) is 11.7. The van der Waals surface area contributed by atoms with Crippen molar-refractivity contribution in [2.24, 2.45) is 13.0 Å². The summed E-state index contributed by atoms with van der Waals surface area (Å²) in [6.45, 7) is 2.67. The van der Waals surface area contributed by atoms with E-state index in [1.807, 2.05) is 0 Å². The summed E-state index contributed by atoms with van der Waals surface area (Å²) in [4.78, 5) is 15.5. The molecule has 0 saturated carbocycles. The first-order valence-electron chi connectivity index (χ1n) is 12.4. The summed E-state index contributed by atoms with van der Waals surface area (Å²) in [6.07, 6.45) is 11.2. The number of nitrogens with zero attached hydrogens (tertiary/aromatic N) is 4. The Morgan fingerprint density at radius 2 is 1.74 bits per heavy atom. The van der Waals surface area contributed by atoms with Gasteiger partial charge in [-0.05, 0) is 92.6 Å². The van der Waals surface area contributed by atoms with Crippen molar-refractivity contribution in [3.8, 4) is 0 Å². The van der Waals surface area contributed by atoms with E-state index in [1.54, 1.807) is 24.1 Å². The monoisotopic (exact) mass is 507 g/mol. The third-order valence-corrected chi connectivity index (χ3v) is 9.50. The maximum Gasteiger partial charge on any atom is 0.334 e. The molecule has 2 aliphatic carbocycles. The second-order valence-electron chi connectivity index (χ2n) is 10.2. The molecular weight excluding hydrogens is 475 g/mol. The number of urea groups is 1. The van der Waals surface area contributed by atoms with Gasteiger partial charge in [0.25, 0.3) is 0 Å². The fourth-order valence-electron chi connectivity index (χ4n) is 6.50. The molecule has 2 amide bonds. The van der Waals surface area contributed by atoms with Crippen LogP contribution in [-0.4, -0.2) is 84.4 Å². The number of aryl methyl sites for hydroxylation is 3. The van der Waals surface area contributed by atoms with Gasteiger partial charge < -0.3 is 10.2 Å². The van der Waals surface area contributed by atoms with Crippen molar-refractivity contribution in [2.45, 2.75) is 57.4 Å². The van der Waals surface area contributed by atoms with Crippen molar-refractivity contribution in [1.29, 1.82) is 0 Å². The molecule has 2 bridgehead atoms. The summed E-state index contributed by atoms with van der Waals surface area (Å²) in [6, 6.07) is 1.38. The zero-order valence-corrected chi connectivity index (χ0v) is 23.4. The number of rotatable bonds is 5. The first-order chi connectivity index (χ1) is 16.4. The largest absolute Gasteiger partial charge is 0.334 e. The number of fused-ring (bicyclic) bond motifs is 5. The smallest absolute Gasteiger partial charge is 0.307 e. The van der Waals surface area contributed by atoms with Crippen LogP contribution in [0.4, 0.5) is 16.2 Å². The minimum absolute atomic E-state index is 0. The molecule has 5 aliphatic rings. The third-order valence-electron chi connectivity index (χ3n) is 8.06. The van der Waals surface area contributed by atoms with Crippen molar-refractivity contribution in [3.63, 3.8) is 0 Å². The molecular formula is C24H32N6NaO3S. The predicted molar refractivity (Wildman–Crippen MR) is 136 cm³/mol. The van der Waals surface area contributed by atoms with Crippen LogP contribution in [0.15, 0.2) is 18.5 Å². The molecule has 2 aromatic rings. The fourth-order valence-corrected chi connectivity index (χ4v) is 7.85. The van der Waals surface area contributed by atoms with E-state index in [0.717, 1.165) is 70.1 Å². The predicted octanol–water partition coefficient (Wildman–Crippen LogP) is 1.98. The van der Waals surface area contributed by atoms with Gasteiger partial charge in [-0.2, -0.15) is 13.5 Å². The molecule has 11 heteroatoms. The molecule has 3 saturated heterocycles. The number of piperidine rings is 3. The molecule has 2 N–H and O–H groups in total. The van der Waals surface area contributed by atoms with Gasteiger partial charge in [0.05, 0.1) is 17.9 Å². The zero-order valence-electron chi connectivity index (χ0n) is 20.6. The van der Waals surface area contributed by atoms with Crippen LogP contribution in [0.1, 0.15) is 47.9 Å². The number of nitrogens with one attached hydrogen (secondary N) is 2. The molecule has 183 valence electrons. The summed E-state index contributed by atoms with van der Waals surface area (Å²) in [5.41, 5.74) is 6.27. The molecule has 4 heterocycles. The van der Waals surface area contributed by atoms with Crippen LogP contribution in [0.3, 0.4) is 0 Å². The molecule has 3 fully saturated rings. The van der Waals surface area contributed by atoms with E-state index in [9.17, 15) is 13.2 Å². The topological polar surface area (TPSA) is 99.6 Å². The first kappa shape index (κ1) is 25.1. The van der Waals surface area contributed by atoms with E-state index in [1.165, 1.54) is 26.6 Å². The summed E-state index contributed by atoms with van der Waals surface area (Å²) < 4.78 is 32.7. The van der Waals surface area contributed by atoms with Crippen molar-refractivity contribution >= 4 is 57.2 Å². The summed E-state index contributed by atoms with van der Waals surface area (Å²) in [5, 5.41) is 7.16. The molecule has 1 atom stereocenters. The summed E-state index contributed by atoms with van der Waals surface area (Å²) in [5.74, 6) is 0.269. The van der Waals surface area contributed by atoms with Gasteiger partial charge in [-0.1, -0.05) is 6.07 Å². The average Bonchev–Trinajstić information content (AvgIpc) is 3.55.